The number of nitrogens with zero attached hydrogens (tertiary/aromatic N) is 1. The maximum absolute atomic E-state index is 12.9. The molecule has 1 unspecified atom stereocenters. The quantitative estimate of drug-likeness (QED) is 0.575. The van der Waals surface area contributed by atoms with Crippen molar-refractivity contribution >= 4 is 33.2 Å². The van der Waals surface area contributed by atoms with E-state index in [4.69, 9.17) is 4.74 Å². The standard InChI is InChI=1S/C24H31N3O5S/c1-3-17-33(30,31)27-16-6-5-7-22(27)24(29)26-19-10-8-18(9-11-19)23(28)25-20-12-14-21(15-13-20)32-4-2/h8-15,22H,3-7,16-17H2,1-2H3,(H,25,28)(H,26,29). The first-order chi connectivity index (χ1) is 15.8. The third-order valence-electron chi connectivity index (χ3n) is 5.41. The smallest absolute Gasteiger partial charge is 0.255 e. The van der Waals surface area contributed by atoms with Crippen molar-refractivity contribution in [1.29, 1.82) is 0 Å². The molecule has 1 aliphatic rings. The molecular formula is C24H31N3O5S. The molecule has 1 atom stereocenters. The number of benzene rings is 2. The second-order valence-electron chi connectivity index (χ2n) is 7.92. The summed E-state index contributed by atoms with van der Waals surface area (Å²) in [4.78, 5) is 25.4. The van der Waals surface area contributed by atoms with Crippen LogP contribution in [-0.4, -0.2) is 49.5 Å². The highest BCUT2D eigenvalue weighted by molar-refractivity contribution is 7.89. The fourth-order valence-electron chi connectivity index (χ4n) is 3.81. The topological polar surface area (TPSA) is 105 Å². The van der Waals surface area contributed by atoms with E-state index in [1.165, 1.54) is 4.31 Å². The summed E-state index contributed by atoms with van der Waals surface area (Å²) in [5.74, 6) is 0.145. The van der Waals surface area contributed by atoms with Gasteiger partial charge in [-0.3, -0.25) is 9.59 Å². The van der Waals surface area contributed by atoms with Gasteiger partial charge < -0.3 is 15.4 Å². The van der Waals surface area contributed by atoms with Gasteiger partial charge in [0.1, 0.15) is 11.8 Å². The molecule has 0 radical (unpaired) electrons. The lowest BCUT2D eigenvalue weighted by Crippen LogP contribution is -2.50. The lowest BCUT2D eigenvalue weighted by atomic mass is 10.0. The number of nitrogens with one attached hydrogen (secondary N) is 2. The van der Waals surface area contributed by atoms with Crippen LogP contribution in [0.4, 0.5) is 11.4 Å². The molecule has 8 nitrogen and oxygen atoms in total. The van der Waals surface area contributed by atoms with Gasteiger partial charge in [0.2, 0.25) is 15.9 Å². The summed E-state index contributed by atoms with van der Waals surface area (Å²) in [5, 5.41) is 5.62. The van der Waals surface area contributed by atoms with E-state index in [-0.39, 0.29) is 17.6 Å². The molecule has 2 aromatic rings. The summed E-state index contributed by atoms with van der Waals surface area (Å²) in [5.41, 5.74) is 1.59. The van der Waals surface area contributed by atoms with Gasteiger partial charge in [-0.15, -0.1) is 0 Å². The molecule has 0 bridgehead atoms. The first kappa shape index (κ1) is 24.7. The maximum atomic E-state index is 12.9. The number of hydrogen-bond donors (Lipinski definition) is 2. The largest absolute Gasteiger partial charge is 0.494 e. The van der Waals surface area contributed by atoms with E-state index in [0.717, 1.165) is 18.6 Å². The summed E-state index contributed by atoms with van der Waals surface area (Å²) in [6.45, 7) is 4.65. The minimum absolute atomic E-state index is 0.0367. The molecule has 0 saturated carbocycles. The number of rotatable bonds is 9. The molecule has 1 fully saturated rings. The zero-order valence-electron chi connectivity index (χ0n) is 19.0. The van der Waals surface area contributed by atoms with Gasteiger partial charge >= 0.3 is 0 Å². The minimum Gasteiger partial charge on any atom is -0.494 e. The number of sulfonamides is 1. The Labute approximate surface area is 195 Å². The molecule has 0 aliphatic carbocycles. The summed E-state index contributed by atoms with van der Waals surface area (Å²) < 4.78 is 31.9. The molecule has 2 aromatic carbocycles. The Kier molecular flexibility index (Phi) is 8.46. The molecule has 1 heterocycles. The van der Waals surface area contributed by atoms with E-state index in [2.05, 4.69) is 10.6 Å². The number of ether oxygens (including phenoxy) is 1. The number of hydrogen-bond acceptors (Lipinski definition) is 5. The number of carbonyl (C=O) groups excluding carboxylic acids is 2. The number of anilines is 2. The molecule has 33 heavy (non-hydrogen) atoms. The highest BCUT2D eigenvalue weighted by Gasteiger charge is 2.36. The fraction of sp³-hybridized carbons (Fsp3) is 0.417. The van der Waals surface area contributed by atoms with Gasteiger partial charge in [0.15, 0.2) is 0 Å². The molecule has 1 saturated heterocycles. The third-order valence-corrected chi connectivity index (χ3v) is 7.49. The van der Waals surface area contributed by atoms with Gasteiger partial charge in [0.05, 0.1) is 12.4 Å². The van der Waals surface area contributed by atoms with Crippen LogP contribution in [0.5, 0.6) is 5.75 Å². The molecule has 9 heteroatoms. The summed E-state index contributed by atoms with van der Waals surface area (Å²) in [6.07, 6.45) is 2.57. The van der Waals surface area contributed by atoms with Gasteiger partial charge in [0.25, 0.3) is 5.91 Å². The average Bonchev–Trinajstić information content (AvgIpc) is 2.81. The van der Waals surface area contributed by atoms with E-state index in [9.17, 15) is 18.0 Å². The van der Waals surface area contributed by atoms with Gasteiger partial charge in [-0.2, -0.15) is 4.31 Å². The summed E-state index contributed by atoms with van der Waals surface area (Å²) in [7, 11) is -3.46. The first-order valence-electron chi connectivity index (χ1n) is 11.3. The van der Waals surface area contributed by atoms with Crippen LogP contribution in [0.25, 0.3) is 0 Å². The van der Waals surface area contributed by atoms with Crippen LogP contribution < -0.4 is 15.4 Å². The zero-order chi connectivity index (χ0) is 23.8. The molecular weight excluding hydrogens is 442 g/mol. The van der Waals surface area contributed by atoms with Gasteiger partial charge in [-0.25, -0.2) is 8.42 Å². The third kappa shape index (κ3) is 6.55. The molecule has 178 valence electrons. The van der Waals surface area contributed by atoms with Crippen molar-refractivity contribution in [2.24, 2.45) is 0 Å². The van der Waals surface area contributed by atoms with E-state index < -0.39 is 16.1 Å². The van der Waals surface area contributed by atoms with E-state index >= 15 is 0 Å². The van der Waals surface area contributed by atoms with Crippen LogP contribution in [0.2, 0.25) is 0 Å². The van der Waals surface area contributed by atoms with E-state index in [1.54, 1.807) is 48.5 Å². The summed E-state index contributed by atoms with van der Waals surface area (Å²) in [6, 6.07) is 12.9. The zero-order valence-corrected chi connectivity index (χ0v) is 19.9. The minimum atomic E-state index is -3.46. The van der Waals surface area contributed by atoms with Crippen LogP contribution >= 0.6 is 0 Å². The Morgan fingerprint density at radius 2 is 1.61 bits per heavy atom. The lowest BCUT2D eigenvalue weighted by Gasteiger charge is -2.33. The second-order valence-corrected chi connectivity index (χ2v) is 9.96. The molecule has 0 aromatic heterocycles. The van der Waals surface area contributed by atoms with Crippen LogP contribution in [0.15, 0.2) is 48.5 Å². The average molecular weight is 474 g/mol. The van der Waals surface area contributed by atoms with Crippen LogP contribution in [0.1, 0.15) is 49.9 Å². The highest BCUT2D eigenvalue weighted by Crippen LogP contribution is 2.23. The van der Waals surface area contributed by atoms with Crippen molar-refractivity contribution in [3.8, 4) is 5.75 Å². The van der Waals surface area contributed by atoms with Crippen LogP contribution in [-0.2, 0) is 14.8 Å². The van der Waals surface area contributed by atoms with E-state index in [0.29, 0.717) is 42.9 Å². The molecule has 2 N–H and O–H groups in total. The normalized spacial score (nSPS) is 16.7. The summed E-state index contributed by atoms with van der Waals surface area (Å²) >= 11 is 0. The first-order valence-corrected chi connectivity index (χ1v) is 12.9. The molecule has 2 amide bonds. The number of amides is 2. The molecule has 0 spiro atoms. The van der Waals surface area contributed by atoms with Crippen molar-refractivity contribution in [3.05, 3.63) is 54.1 Å². The monoisotopic (exact) mass is 473 g/mol. The van der Waals surface area contributed by atoms with Crippen molar-refractivity contribution in [2.45, 2.75) is 45.6 Å². The predicted octanol–water partition coefficient (Wildman–Crippen LogP) is 3.87. The fourth-order valence-corrected chi connectivity index (χ4v) is 5.56. The van der Waals surface area contributed by atoms with Crippen molar-refractivity contribution in [1.82, 2.24) is 4.31 Å². The highest BCUT2D eigenvalue weighted by atomic mass is 32.2. The Morgan fingerprint density at radius 1 is 0.970 bits per heavy atom. The van der Waals surface area contributed by atoms with Gasteiger partial charge in [-0.05, 0) is 74.7 Å². The number of piperidine rings is 1. The Bertz CT molecular complexity index is 1050. The Morgan fingerprint density at radius 3 is 2.24 bits per heavy atom. The maximum Gasteiger partial charge on any atom is 0.255 e. The lowest BCUT2D eigenvalue weighted by molar-refractivity contribution is -0.120. The molecule has 1 aliphatic heterocycles. The predicted molar refractivity (Wildman–Crippen MR) is 129 cm³/mol. The Hall–Kier alpha value is -2.91. The molecule has 3 rings (SSSR count). The Balaban J connectivity index is 1.62. The van der Waals surface area contributed by atoms with Crippen molar-refractivity contribution < 1.29 is 22.7 Å². The van der Waals surface area contributed by atoms with Crippen molar-refractivity contribution in [3.63, 3.8) is 0 Å². The van der Waals surface area contributed by atoms with Gasteiger partial charge in [-0.1, -0.05) is 13.3 Å². The number of carbonyl (C=O) groups is 2. The SMILES string of the molecule is CCCS(=O)(=O)N1CCCCC1C(=O)Nc1ccc(C(=O)Nc2ccc(OCC)cc2)cc1. The van der Waals surface area contributed by atoms with Crippen LogP contribution in [0, 0.1) is 0 Å². The van der Waals surface area contributed by atoms with E-state index in [1.807, 2.05) is 13.8 Å². The van der Waals surface area contributed by atoms with Gasteiger partial charge in [0, 0.05) is 23.5 Å². The van der Waals surface area contributed by atoms with Crippen molar-refractivity contribution in [2.75, 3.05) is 29.5 Å². The van der Waals surface area contributed by atoms with Crippen LogP contribution in [0.3, 0.4) is 0 Å². The second kappa shape index (κ2) is 11.3.